The van der Waals surface area contributed by atoms with E-state index in [2.05, 4.69) is 26.2 Å². The van der Waals surface area contributed by atoms with Gasteiger partial charge in [0.1, 0.15) is 11.6 Å². The molecule has 2 aromatic carbocycles. The van der Waals surface area contributed by atoms with E-state index < -0.39 is 11.8 Å². The Morgan fingerprint density at radius 2 is 1.83 bits per heavy atom. The average Bonchev–Trinajstić information content (AvgIpc) is 3.04. The maximum atomic E-state index is 13.5. The van der Waals surface area contributed by atoms with E-state index in [0.29, 0.717) is 11.5 Å². The number of nitrogens with one attached hydrogen (secondary N) is 2. The molecule has 0 aliphatic carbocycles. The summed E-state index contributed by atoms with van der Waals surface area (Å²) in [5.41, 5.74) is 0.612. The van der Waals surface area contributed by atoms with E-state index in [1.54, 1.807) is 6.07 Å². The number of para-hydroxylation sites is 1. The van der Waals surface area contributed by atoms with Crippen LogP contribution in [0.3, 0.4) is 0 Å². The molecule has 122 valence electrons. The third-order valence-electron chi connectivity index (χ3n) is 3.13. The highest BCUT2D eigenvalue weighted by atomic mass is 19.1. The van der Waals surface area contributed by atoms with Crippen molar-refractivity contribution in [1.82, 2.24) is 25.5 Å². The molecular weight excluding hydrogens is 318 g/mol. The van der Waals surface area contributed by atoms with Crippen LogP contribution < -0.4 is 10.6 Å². The minimum atomic E-state index is -0.603. The normalized spacial score (nSPS) is 10.4. The van der Waals surface area contributed by atoms with Crippen LogP contribution in [-0.2, 0) is 6.54 Å². The molecule has 1 aromatic heterocycles. The predicted octanol–water partition coefficient (Wildman–Crippen LogP) is 2.26. The van der Waals surface area contributed by atoms with E-state index in [-0.39, 0.29) is 18.0 Å². The van der Waals surface area contributed by atoms with Gasteiger partial charge in [0.25, 0.3) is 0 Å². The van der Waals surface area contributed by atoms with Crippen molar-refractivity contribution in [3.8, 4) is 5.69 Å². The van der Waals surface area contributed by atoms with Gasteiger partial charge >= 0.3 is 6.03 Å². The zero-order valence-corrected chi connectivity index (χ0v) is 12.3. The van der Waals surface area contributed by atoms with Crippen LogP contribution >= 0.6 is 0 Å². The summed E-state index contributed by atoms with van der Waals surface area (Å²) >= 11 is 0. The number of hydrogen-bond donors (Lipinski definition) is 2. The van der Waals surface area contributed by atoms with Crippen molar-refractivity contribution in [2.24, 2.45) is 0 Å². The molecule has 0 saturated carbocycles. The molecule has 0 fully saturated rings. The predicted molar refractivity (Wildman–Crippen MR) is 81.4 cm³/mol. The average molecular weight is 330 g/mol. The number of carbonyl (C=O) groups is 1. The van der Waals surface area contributed by atoms with E-state index in [4.69, 9.17) is 0 Å². The standard InChI is InChI=1S/C15H12F2N6O/c16-10-5-7-11(8-6-10)23-14(20-21-22-23)9-18-15(24)19-13-4-2-1-3-12(13)17/h1-8H,9H2,(H2,18,19,24). The zero-order valence-electron chi connectivity index (χ0n) is 12.3. The van der Waals surface area contributed by atoms with Crippen molar-refractivity contribution >= 4 is 11.7 Å². The summed E-state index contributed by atoms with van der Waals surface area (Å²) in [7, 11) is 0. The molecule has 9 heteroatoms. The molecule has 1 heterocycles. The van der Waals surface area contributed by atoms with Crippen LogP contribution in [0, 0.1) is 11.6 Å². The Bertz CT molecular complexity index is 849. The minimum Gasteiger partial charge on any atom is -0.330 e. The molecule has 3 aromatic rings. The number of aromatic nitrogens is 4. The zero-order chi connectivity index (χ0) is 16.9. The van der Waals surface area contributed by atoms with Crippen molar-refractivity contribution < 1.29 is 13.6 Å². The summed E-state index contributed by atoms with van der Waals surface area (Å²) in [5, 5.41) is 16.0. The molecular formula is C15H12F2N6O. The van der Waals surface area contributed by atoms with Crippen LogP contribution in [-0.4, -0.2) is 26.2 Å². The van der Waals surface area contributed by atoms with Gasteiger partial charge in [-0.2, -0.15) is 4.68 Å². The monoisotopic (exact) mass is 330 g/mol. The molecule has 0 saturated heterocycles. The Morgan fingerprint density at radius 1 is 1.08 bits per heavy atom. The van der Waals surface area contributed by atoms with Crippen molar-refractivity contribution in [2.75, 3.05) is 5.32 Å². The third kappa shape index (κ3) is 3.51. The van der Waals surface area contributed by atoms with Crippen molar-refractivity contribution in [1.29, 1.82) is 0 Å². The lowest BCUT2D eigenvalue weighted by Crippen LogP contribution is -2.29. The number of halogens is 2. The fourth-order valence-electron chi connectivity index (χ4n) is 1.99. The minimum absolute atomic E-state index is 0.00463. The van der Waals surface area contributed by atoms with Gasteiger partial charge in [0.2, 0.25) is 0 Å². The van der Waals surface area contributed by atoms with Gasteiger partial charge in [-0.25, -0.2) is 13.6 Å². The Hall–Kier alpha value is -3.36. The van der Waals surface area contributed by atoms with Gasteiger partial charge in [0.15, 0.2) is 5.82 Å². The summed E-state index contributed by atoms with van der Waals surface area (Å²) in [4.78, 5) is 11.8. The van der Waals surface area contributed by atoms with Crippen molar-refractivity contribution in [3.63, 3.8) is 0 Å². The Morgan fingerprint density at radius 3 is 2.58 bits per heavy atom. The summed E-state index contributed by atoms with van der Waals surface area (Å²) in [6.07, 6.45) is 0. The highest BCUT2D eigenvalue weighted by molar-refractivity contribution is 5.89. The molecule has 2 N–H and O–H groups in total. The number of carbonyl (C=O) groups excluding carboxylic acids is 1. The quantitative estimate of drug-likeness (QED) is 0.768. The fraction of sp³-hybridized carbons (Fsp3) is 0.0667. The van der Waals surface area contributed by atoms with Gasteiger partial charge in [0.05, 0.1) is 17.9 Å². The molecule has 24 heavy (non-hydrogen) atoms. The molecule has 7 nitrogen and oxygen atoms in total. The van der Waals surface area contributed by atoms with Gasteiger partial charge in [-0.15, -0.1) is 5.10 Å². The lowest BCUT2D eigenvalue weighted by atomic mass is 10.3. The van der Waals surface area contributed by atoms with E-state index >= 15 is 0 Å². The van der Waals surface area contributed by atoms with E-state index in [9.17, 15) is 13.6 Å². The molecule has 0 unspecified atom stereocenters. The first-order chi connectivity index (χ1) is 11.6. The molecule has 3 rings (SSSR count). The second-order valence-electron chi connectivity index (χ2n) is 4.77. The van der Waals surface area contributed by atoms with E-state index in [0.717, 1.165) is 0 Å². The molecule has 0 atom stereocenters. The number of rotatable bonds is 4. The van der Waals surface area contributed by atoms with Crippen LogP contribution in [0.15, 0.2) is 48.5 Å². The number of amides is 2. The van der Waals surface area contributed by atoms with E-state index in [1.165, 1.54) is 47.1 Å². The Kier molecular flexibility index (Phi) is 4.41. The summed E-state index contributed by atoms with van der Waals surface area (Å²) in [6, 6.07) is 10.8. The molecule has 0 aliphatic heterocycles. The SMILES string of the molecule is O=C(NCc1nnnn1-c1ccc(F)cc1)Nc1ccccc1F. The number of anilines is 1. The molecule has 0 radical (unpaired) electrons. The highest BCUT2D eigenvalue weighted by Gasteiger charge is 2.11. The number of nitrogens with zero attached hydrogens (tertiary/aromatic N) is 4. The topological polar surface area (TPSA) is 84.7 Å². The van der Waals surface area contributed by atoms with E-state index in [1.807, 2.05) is 0 Å². The number of hydrogen-bond acceptors (Lipinski definition) is 4. The van der Waals surface area contributed by atoms with Crippen LogP contribution in [0.1, 0.15) is 5.82 Å². The smallest absolute Gasteiger partial charge is 0.319 e. The van der Waals surface area contributed by atoms with Crippen LogP contribution in [0.4, 0.5) is 19.3 Å². The van der Waals surface area contributed by atoms with Crippen LogP contribution in [0.5, 0.6) is 0 Å². The molecule has 0 spiro atoms. The van der Waals surface area contributed by atoms with Gasteiger partial charge in [-0.3, -0.25) is 0 Å². The largest absolute Gasteiger partial charge is 0.330 e. The van der Waals surface area contributed by atoms with Gasteiger partial charge in [0, 0.05) is 0 Å². The highest BCUT2D eigenvalue weighted by Crippen LogP contribution is 2.12. The third-order valence-corrected chi connectivity index (χ3v) is 3.13. The number of urea groups is 1. The van der Waals surface area contributed by atoms with Gasteiger partial charge in [-0.05, 0) is 46.8 Å². The molecule has 0 aliphatic rings. The van der Waals surface area contributed by atoms with Crippen LogP contribution in [0.2, 0.25) is 0 Å². The van der Waals surface area contributed by atoms with Gasteiger partial charge < -0.3 is 10.6 Å². The lowest BCUT2D eigenvalue weighted by Gasteiger charge is -2.08. The summed E-state index contributed by atoms with van der Waals surface area (Å²) in [6.45, 7) is 0.00463. The van der Waals surface area contributed by atoms with Gasteiger partial charge in [-0.1, -0.05) is 12.1 Å². The van der Waals surface area contributed by atoms with Crippen molar-refractivity contribution in [3.05, 3.63) is 66.0 Å². The first-order valence-electron chi connectivity index (χ1n) is 6.96. The maximum Gasteiger partial charge on any atom is 0.319 e. The Balaban J connectivity index is 1.65. The second kappa shape index (κ2) is 6.82. The maximum absolute atomic E-state index is 13.5. The molecule has 0 bridgehead atoms. The fourth-order valence-corrected chi connectivity index (χ4v) is 1.99. The lowest BCUT2D eigenvalue weighted by molar-refractivity contribution is 0.251. The van der Waals surface area contributed by atoms with Crippen LogP contribution in [0.25, 0.3) is 5.69 Å². The summed E-state index contributed by atoms with van der Waals surface area (Å²) in [5.74, 6) is -0.579. The number of tetrazole rings is 1. The van der Waals surface area contributed by atoms with Crippen molar-refractivity contribution in [2.45, 2.75) is 6.54 Å². The second-order valence-corrected chi connectivity index (χ2v) is 4.77. The molecule has 2 amide bonds. The summed E-state index contributed by atoms with van der Waals surface area (Å²) < 4.78 is 27.8. The Labute approximate surface area is 135 Å². The number of benzene rings is 2. The first kappa shape index (κ1) is 15.5. The first-order valence-corrected chi connectivity index (χ1v) is 6.96.